The number of anilines is 1. The third kappa shape index (κ3) is 6.17. The fourth-order valence-electron chi connectivity index (χ4n) is 2.72. The minimum atomic E-state index is -1.04. The zero-order chi connectivity index (χ0) is 24.7. The van der Waals surface area contributed by atoms with E-state index in [1.54, 1.807) is 49.4 Å². The maximum Gasteiger partial charge on any atom is 0.343 e. The van der Waals surface area contributed by atoms with Crippen molar-refractivity contribution in [3.63, 3.8) is 0 Å². The van der Waals surface area contributed by atoms with Gasteiger partial charge < -0.3 is 14.8 Å². The first kappa shape index (κ1) is 24.4. The SMILES string of the molecule is COc1cc(C(C)=NNC(=O)C(=O)Nc2ccc(F)c(Cl)c2)ccc1OC(=O)c1ccccc1. The molecule has 0 aliphatic heterocycles. The second-order valence-corrected chi connectivity index (χ2v) is 7.25. The quantitative estimate of drug-likeness (QED) is 0.180. The molecule has 174 valence electrons. The van der Waals surface area contributed by atoms with E-state index in [2.05, 4.69) is 15.8 Å². The lowest BCUT2D eigenvalue weighted by molar-refractivity contribution is -0.136. The molecule has 0 aromatic heterocycles. The summed E-state index contributed by atoms with van der Waals surface area (Å²) < 4.78 is 23.9. The molecule has 0 saturated carbocycles. The molecule has 3 aromatic rings. The number of carbonyl (C=O) groups excluding carboxylic acids is 3. The fourth-order valence-corrected chi connectivity index (χ4v) is 2.90. The number of esters is 1. The Labute approximate surface area is 199 Å². The van der Waals surface area contributed by atoms with Crippen molar-refractivity contribution in [1.29, 1.82) is 0 Å². The number of hydrazone groups is 1. The molecule has 0 aliphatic rings. The zero-order valence-corrected chi connectivity index (χ0v) is 18.9. The smallest absolute Gasteiger partial charge is 0.343 e. The molecule has 0 fully saturated rings. The summed E-state index contributed by atoms with van der Waals surface area (Å²) in [7, 11) is 1.42. The monoisotopic (exact) mass is 483 g/mol. The van der Waals surface area contributed by atoms with Gasteiger partial charge in [0.1, 0.15) is 5.82 Å². The van der Waals surface area contributed by atoms with E-state index in [0.717, 1.165) is 6.07 Å². The summed E-state index contributed by atoms with van der Waals surface area (Å²) in [4.78, 5) is 36.4. The molecule has 3 aromatic carbocycles. The molecule has 0 radical (unpaired) electrons. The Morgan fingerprint density at radius 2 is 1.65 bits per heavy atom. The molecule has 2 N–H and O–H groups in total. The third-order valence-corrected chi connectivity index (χ3v) is 4.79. The summed E-state index contributed by atoms with van der Waals surface area (Å²) in [6.45, 7) is 1.60. The first-order chi connectivity index (χ1) is 16.3. The minimum absolute atomic E-state index is 0.151. The molecular weight excluding hydrogens is 465 g/mol. The van der Waals surface area contributed by atoms with Gasteiger partial charge in [-0.3, -0.25) is 9.59 Å². The van der Waals surface area contributed by atoms with E-state index in [1.165, 1.54) is 25.3 Å². The first-order valence-corrected chi connectivity index (χ1v) is 10.2. The van der Waals surface area contributed by atoms with E-state index >= 15 is 0 Å². The number of benzene rings is 3. The van der Waals surface area contributed by atoms with Crippen LogP contribution >= 0.6 is 11.6 Å². The van der Waals surface area contributed by atoms with E-state index in [1.807, 2.05) is 0 Å². The van der Waals surface area contributed by atoms with Gasteiger partial charge in [0.2, 0.25) is 0 Å². The van der Waals surface area contributed by atoms with Crippen LogP contribution in [0.1, 0.15) is 22.8 Å². The molecule has 34 heavy (non-hydrogen) atoms. The van der Waals surface area contributed by atoms with Crippen LogP contribution in [-0.4, -0.2) is 30.6 Å². The highest BCUT2D eigenvalue weighted by atomic mass is 35.5. The standard InChI is InChI=1S/C24H19ClFN3O5/c1-14(28-29-23(31)22(30)27-17-9-10-19(26)18(25)13-17)16-8-11-20(21(12-16)33-2)34-24(32)15-6-4-3-5-7-15/h3-13H,1-2H3,(H,27,30)(H,29,31). The van der Waals surface area contributed by atoms with Gasteiger partial charge in [0.15, 0.2) is 11.5 Å². The molecule has 3 rings (SSSR count). The Balaban J connectivity index is 1.66. The van der Waals surface area contributed by atoms with Crippen LogP contribution in [0.5, 0.6) is 11.5 Å². The lowest BCUT2D eigenvalue weighted by Gasteiger charge is -2.11. The van der Waals surface area contributed by atoms with Crippen molar-refractivity contribution in [2.24, 2.45) is 5.10 Å². The normalized spacial score (nSPS) is 10.9. The maximum absolute atomic E-state index is 13.2. The Morgan fingerprint density at radius 3 is 2.32 bits per heavy atom. The van der Waals surface area contributed by atoms with Crippen LogP contribution in [0.15, 0.2) is 71.8 Å². The van der Waals surface area contributed by atoms with Gasteiger partial charge in [0.25, 0.3) is 0 Å². The number of methoxy groups -OCH3 is 1. The summed E-state index contributed by atoms with van der Waals surface area (Å²) in [6, 6.07) is 16.7. The van der Waals surface area contributed by atoms with E-state index in [0.29, 0.717) is 16.8 Å². The lowest BCUT2D eigenvalue weighted by Crippen LogP contribution is -2.33. The van der Waals surface area contributed by atoms with Crippen molar-refractivity contribution in [2.75, 3.05) is 12.4 Å². The van der Waals surface area contributed by atoms with Gasteiger partial charge >= 0.3 is 17.8 Å². The zero-order valence-electron chi connectivity index (χ0n) is 18.1. The number of nitrogens with one attached hydrogen (secondary N) is 2. The molecular formula is C24H19ClFN3O5. The average Bonchev–Trinajstić information content (AvgIpc) is 2.85. The molecule has 8 nitrogen and oxygen atoms in total. The predicted molar refractivity (Wildman–Crippen MR) is 125 cm³/mol. The minimum Gasteiger partial charge on any atom is -0.493 e. The Morgan fingerprint density at radius 1 is 0.912 bits per heavy atom. The van der Waals surface area contributed by atoms with E-state index in [9.17, 15) is 18.8 Å². The van der Waals surface area contributed by atoms with Crippen molar-refractivity contribution in [3.8, 4) is 11.5 Å². The average molecular weight is 484 g/mol. The predicted octanol–water partition coefficient (Wildman–Crippen LogP) is 4.19. The van der Waals surface area contributed by atoms with Crippen LogP contribution in [0, 0.1) is 5.82 Å². The van der Waals surface area contributed by atoms with Crippen molar-refractivity contribution in [3.05, 3.63) is 88.7 Å². The van der Waals surface area contributed by atoms with Gasteiger partial charge in [0, 0.05) is 11.3 Å². The topological polar surface area (TPSA) is 106 Å². The summed E-state index contributed by atoms with van der Waals surface area (Å²) in [6.07, 6.45) is 0. The first-order valence-electron chi connectivity index (χ1n) is 9.84. The van der Waals surface area contributed by atoms with Crippen LogP contribution in [0.3, 0.4) is 0 Å². The molecule has 0 heterocycles. The number of carbonyl (C=O) groups is 3. The number of rotatable bonds is 6. The number of ether oxygens (including phenoxy) is 2. The summed E-state index contributed by atoms with van der Waals surface area (Å²) in [5.41, 5.74) is 3.57. The van der Waals surface area contributed by atoms with Crippen LogP contribution in [0.2, 0.25) is 5.02 Å². The molecule has 0 saturated heterocycles. The van der Waals surface area contributed by atoms with Crippen LogP contribution in [0.25, 0.3) is 0 Å². The summed E-state index contributed by atoms with van der Waals surface area (Å²) >= 11 is 5.66. The highest BCUT2D eigenvalue weighted by Crippen LogP contribution is 2.29. The molecule has 0 unspecified atom stereocenters. The van der Waals surface area contributed by atoms with E-state index in [-0.39, 0.29) is 22.2 Å². The van der Waals surface area contributed by atoms with Crippen LogP contribution in [0.4, 0.5) is 10.1 Å². The molecule has 10 heteroatoms. The molecule has 0 atom stereocenters. The van der Waals surface area contributed by atoms with Gasteiger partial charge in [-0.25, -0.2) is 14.6 Å². The van der Waals surface area contributed by atoms with Gasteiger partial charge in [-0.05, 0) is 55.5 Å². The van der Waals surface area contributed by atoms with Gasteiger partial charge in [-0.2, -0.15) is 5.10 Å². The third-order valence-electron chi connectivity index (χ3n) is 4.50. The van der Waals surface area contributed by atoms with Crippen LogP contribution < -0.4 is 20.2 Å². The van der Waals surface area contributed by atoms with Gasteiger partial charge in [-0.1, -0.05) is 29.8 Å². The Hall–Kier alpha value is -4.24. The number of hydrogen-bond acceptors (Lipinski definition) is 6. The lowest BCUT2D eigenvalue weighted by atomic mass is 10.1. The Bertz CT molecular complexity index is 1260. The van der Waals surface area contributed by atoms with Crippen molar-refractivity contribution in [1.82, 2.24) is 5.43 Å². The van der Waals surface area contributed by atoms with Crippen molar-refractivity contribution >= 4 is 40.8 Å². The molecule has 0 spiro atoms. The fraction of sp³-hybridized carbons (Fsp3) is 0.0833. The summed E-state index contributed by atoms with van der Waals surface area (Å²) in [5.74, 6) is -2.78. The molecule has 0 bridgehead atoms. The number of halogens is 2. The number of nitrogens with zero attached hydrogens (tertiary/aromatic N) is 1. The van der Waals surface area contributed by atoms with E-state index < -0.39 is 23.6 Å². The largest absolute Gasteiger partial charge is 0.493 e. The molecule has 0 aliphatic carbocycles. The summed E-state index contributed by atoms with van der Waals surface area (Å²) in [5, 5.41) is 6.00. The number of hydrogen-bond donors (Lipinski definition) is 2. The van der Waals surface area contributed by atoms with E-state index in [4.69, 9.17) is 21.1 Å². The van der Waals surface area contributed by atoms with Crippen molar-refractivity contribution < 1.29 is 28.2 Å². The highest BCUT2D eigenvalue weighted by molar-refractivity contribution is 6.40. The second kappa shape index (κ2) is 11.1. The van der Waals surface area contributed by atoms with Gasteiger partial charge in [0.05, 0.1) is 23.4 Å². The Kier molecular flexibility index (Phi) is 7.94. The van der Waals surface area contributed by atoms with Gasteiger partial charge in [-0.15, -0.1) is 0 Å². The maximum atomic E-state index is 13.2. The van der Waals surface area contributed by atoms with Crippen molar-refractivity contribution in [2.45, 2.75) is 6.92 Å². The molecule has 2 amide bonds. The van der Waals surface area contributed by atoms with Crippen LogP contribution in [-0.2, 0) is 9.59 Å². The second-order valence-electron chi connectivity index (χ2n) is 6.84. The highest BCUT2D eigenvalue weighted by Gasteiger charge is 2.16. The number of amides is 2.